The molecule has 3 rings (SSSR count). The lowest BCUT2D eigenvalue weighted by molar-refractivity contribution is 0.251. The molecule has 3 aromatic rings. The highest BCUT2D eigenvalue weighted by Gasteiger charge is 2.09. The Balaban J connectivity index is 1.61. The Morgan fingerprint density at radius 2 is 1.83 bits per heavy atom. The number of urea groups is 1. The number of hydrogen-bond acceptors (Lipinski definition) is 2. The summed E-state index contributed by atoms with van der Waals surface area (Å²) in [5.74, 6) is 0.165. The van der Waals surface area contributed by atoms with Crippen LogP contribution in [0.2, 0.25) is 0 Å². The summed E-state index contributed by atoms with van der Waals surface area (Å²) in [4.78, 5) is 12.0. The van der Waals surface area contributed by atoms with Crippen LogP contribution in [0.1, 0.15) is 5.56 Å². The molecule has 0 aliphatic rings. The summed E-state index contributed by atoms with van der Waals surface area (Å²) in [7, 11) is 1.82. The maximum absolute atomic E-state index is 12.8. The van der Waals surface area contributed by atoms with Crippen molar-refractivity contribution in [2.24, 2.45) is 7.05 Å². The third-order valence-corrected chi connectivity index (χ3v) is 3.56. The van der Waals surface area contributed by atoms with Gasteiger partial charge in [0.1, 0.15) is 5.82 Å². The number of amides is 2. The fraction of sp³-hybridized carbons (Fsp3) is 0.111. The molecule has 0 fully saturated rings. The third kappa shape index (κ3) is 3.78. The van der Waals surface area contributed by atoms with Gasteiger partial charge in [0.2, 0.25) is 0 Å². The summed E-state index contributed by atoms with van der Waals surface area (Å²) < 4.78 is 14.6. The van der Waals surface area contributed by atoms with E-state index in [1.54, 1.807) is 16.8 Å². The average Bonchev–Trinajstić information content (AvgIpc) is 2.95. The summed E-state index contributed by atoms with van der Waals surface area (Å²) in [6, 6.07) is 17.2. The van der Waals surface area contributed by atoms with Gasteiger partial charge in [-0.05, 0) is 23.3 Å². The first-order valence-electron chi connectivity index (χ1n) is 7.50. The van der Waals surface area contributed by atoms with Gasteiger partial charge in [-0.2, -0.15) is 5.10 Å². The summed E-state index contributed by atoms with van der Waals surface area (Å²) in [6.45, 7) is 0.310. The number of rotatable bonds is 4. The van der Waals surface area contributed by atoms with E-state index in [9.17, 15) is 9.18 Å². The highest BCUT2D eigenvalue weighted by atomic mass is 19.1. The molecule has 0 atom stereocenters. The van der Waals surface area contributed by atoms with Crippen LogP contribution in [-0.2, 0) is 13.6 Å². The molecule has 1 heterocycles. The quantitative estimate of drug-likeness (QED) is 0.771. The zero-order chi connectivity index (χ0) is 16.9. The number of aryl methyl sites for hydroxylation is 1. The summed E-state index contributed by atoms with van der Waals surface area (Å²) in [5, 5.41) is 9.70. The molecule has 0 spiro atoms. The lowest BCUT2D eigenvalue weighted by atomic mass is 10.1. The van der Waals surface area contributed by atoms with E-state index in [1.807, 2.05) is 43.4 Å². The van der Waals surface area contributed by atoms with Crippen molar-refractivity contribution in [1.82, 2.24) is 15.1 Å². The Morgan fingerprint density at radius 1 is 1.12 bits per heavy atom. The number of halogens is 1. The molecule has 0 aliphatic carbocycles. The van der Waals surface area contributed by atoms with Gasteiger partial charge >= 0.3 is 6.03 Å². The van der Waals surface area contributed by atoms with Gasteiger partial charge in [0.05, 0.1) is 5.69 Å². The molecule has 122 valence electrons. The maximum atomic E-state index is 12.8. The number of hydrogen-bond donors (Lipinski definition) is 2. The van der Waals surface area contributed by atoms with Crippen LogP contribution in [0.25, 0.3) is 11.3 Å². The molecule has 24 heavy (non-hydrogen) atoms. The van der Waals surface area contributed by atoms with E-state index in [2.05, 4.69) is 15.7 Å². The topological polar surface area (TPSA) is 59.0 Å². The second kappa shape index (κ2) is 6.95. The van der Waals surface area contributed by atoms with E-state index in [0.717, 1.165) is 16.8 Å². The highest BCUT2D eigenvalue weighted by molar-refractivity contribution is 5.88. The van der Waals surface area contributed by atoms with E-state index < -0.39 is 0 Å². The molecular weight excluding hydrogens is 307 g/mol. The molecule has 0 saturated heterocycles. The van der Waals surface area contributed by atoms with Crippen molar-refractivity contribution >= 4 is 11.8 Å². The second-order valence-corrected chi connectivity index (χ2v) is 5.34. The van der Waals surface area contributed by atoms with Crippen LogP contribution in [0.5, 0.6) is 0 Å². The number of carbonyl (C=O) groups excluding carboxylic acids is 1. The number of carbonyl (C=O) groups is 1. The Labute approximate surface area is 139 Å². The predicted octanol–water partition coefficient (Wildman–Crippen LogP) is 3.55. The number of anilines is 1. The molecule has 0 unspecified atom stereocenters. The predicted molar refractivity (Wildman–Crippen MR) is 90.9 cm³/mol. The van der Waals surface area contributed by atoms with Crippen molar-refractivity contribution in [2.75, 3.05) is 5.32 Å². The van der Waals surface area contributed by atoms with Crippen molar-refractivity contribution < 1.29 is 9.18 Å². The number of nitrogens with one attached hydrogen (secondary N) is 2. The molecule has 6 heteroatoms. The van der Waals surface area contributed by atoms with E-state index in [1.165, 1.54) is 12.1 Å². The first-order chi connectivity index (χ1) is 11.6. The summed E-state index contributed by atoms with van der Waals surface area (Å²) in [5.41, 5.74) is 2.74. The number of nitrogens with zero attached hydrogens (tertiary/aromatic N) is 2. The Kier molecular flexibility index (Phi) is 4.56. The van der Waals surface area contributed by atoms with Crippen LogP contribution in [0.15, 0.2) is 60.7 Å². The second-order valence-electron chi connectivity index (χ2n) is 5.34. The standard InChI is InChI=1S/C18H17FN4O/c1-23-16(14-5-3-2-4-6-14)11-17(22-23)21-18(24)20-12-13-7-9-15(19)10-8-13/h2-11H,12H2,1H3,(H2,20,21,22,24). The summed E-state index contributed by atoms with van der Waals surface area (Å²) >= 11 is 0. The van der Waals surface area contributed by atoms with Crippen molar-refractivity contribution in [3.05, 3.63) is 72.0 Å². The van der Waals surface area contributed by atoms with Gasteiger partial charge in [0.15, 0.2) is 5.82 Å². The fourth-order valence-corrected chi connectivity index (χ4v) is 2.35. The molecular formula is C18H17FN4O. The number of benzene rings is 2. The van der Waals surface area contributed by atoms with E-state index in [0.29, 0.717) is 12.4 Å². The molecule has 0 saturated carbocycles. The van der Waals surface area contributed by atoms with Crippen molar-refractivity contribution in [2.45, 2.75) is 6.54 Å². The largest absolute Gasteiger partial charge is 0.334 e. The van der Waals surface area contributed by atoms with Gasteiger partial charge in [-0.3, -0.25) is 10.00 Å². The van der Waals surface area contributed by atoms with Gasteiger partial charge in [0, 0.05) is 19.7 Å². The normalized spacial score (nSPS) is 10.4. The number of aromatic nitrogens is 2. The fourth-order valence-electron chi connectivity index (χ4n) is 2.35. The van der Waals surface area contributed by atoms with Crippen LogP contribution < -0.4 is 10.6 Å². The van der Waals surface area contributed by atoms with Crippen molar-refractivity contribution in [1.29, 1.82) is 0 Å². The van der Waals surface area contributed by atoms with Crippen molar-refractivity contribution in [3.8, 4) is 11.3 Å². The molecule has 5 nitrogen and oxygen atoms in total. The minimum Gasteiger partial charge on any atom is -0.334 e. The Bertz CT molecular complexity index is 828. The Morgan fingerprint density at radius 3 is 2.54 bits per heavy atom. The Hall–Kier alpha value is -3.15. The molecule has 0 radical (unpaired) electrons. The zero-order valence-electron chi connectivity index (χ0n) is 13.2. The average molecular weight is 324 g/mol. The zero-order valence-corrected chi connectivity index (χ0v) is 13.2. The van der Waals surface area contributed by atoms with Gasteiger partial charge in [-0.1, -0.05) is 42.5 Å². The SMILES string of the molecule is Cn1nc(NC(=O)NCc2ccc(F)cc2)cc1-c1ccccc1. The van der Waals surface area contributed by atoms with Gasteiger partial charge in [-0.15, -0.1) is 0 Å². The molecule has 2 amide bonds. The smallest absolute Gasteiger partial charge is 0.320 e. The lowest BCUT2D eigenvalue weighted by Crippen LogP contribution is -2.28. The highest BCUT2D eigenvalue weighted by Crippen LogP contribution is 2.21. The lowest BCUT2D eigenvalue weighted by Gasteiger charge is -2.05. The van der Waals surface area contributed by atoms with Gasteiger partial charge in [0.25, 0.3) is 0 Å². The molecule has 2 N–H and O–H groups in total. The first kappa shape index (κ1) is 15.7. The van der Waals surface area contributed by atoms with Crippen molar-refractivity contribution in [3.63, 3.8) is 0 Å². The van der Waals surface area contributed by atoms with Crippen LogP contribution in [-0.4, -0.2) is 15.8 Å². The van der Waals surface area contributed by atoms with E-state index in [-0.39, 0.29) is 11.8 Å². The van der Waals surface area contributed by atoms with Crippen LogP contribution >= 0.6 is 0 Å². The molecule has 0 aliphatic heterocycles. The minimum absolute atomic E-state index is 0.301. The van der Waals surface area contributed by atoms with Crippen LogP contribution in [0.4, 0.5) is 15.0 Å². The van der Waals surface area contributed by atoms with E-state index >= 15 is 0 Å². The van der Waals surface area contributed by atoms with Gasteiger partial charge in [-0.25, -0.2) is 9.18 Å². The monoisotopic (exact) mass is 324 g/mol. The van der Waals surface area contributed by atoms with Gasteiger partial charge < -0.3 is 5.32 Å². The molecule has 2 aromatic carbocycles. The third-order valence-electron chi connectivity index (χ3n) is 3.56. The van der Waals surface area contributed by atoms with Crippen LogP contribution in [0, 0.1) is 5.82 Å². The van der Waals surface area contributed by atoms with E-state index in [4.69, 9.17) is 0 Å². The summed E-state index contributed by atoms with van der Waals surface area (Å²) in [6.07, 6.45) is 0. The first-order valence-corrected chi connectivity index (χ1v) is 7.50. The molecule has 0 bridgehead atoms. The van der Waals surface area contributed by atoms with Crippen LogP contribution in [0.3, 0.4) is 0 Å². The minimum atomic E-state index is -0.364. The molecule has 1 aromatic heterocycles. The maximum Gasteiger partial charge on any atom is 0.320 e.